The smallest absolute Gasteiger partial charge is 0.230 e. The van der Waals surface area contributed by atoms with Crippen molar-refractivity contribution in [1.82, 2.24) is 15.5 Å². The molecule has 2 atom stereocenters. The van der Waals surface area contributed by atoms with Gasteiger partial charge in [0, 0.05) is 39.7 Å². The zero-order valence-electron chi connectivity index (χ0n) is 19.3. The summed E-state index contributed by atoms with van der Waals surface area (Å²) in [6, 6.07) is 0. The summed E-state index contributed by atoms with van der Waals surface area (Å²) in [5.74, 6) is 1.51. The second-order valence-corrected chi connectivity index (χ2v) is 9.82. The molecule has 0 aromatic carbocycles. The van der Waals surface area contributed by atoms with Gasteiger partial charge in [0.2, 0.25) is 5.91 Å². The van der Waals surface area contributed by atoms with Crippen LogP contribution in [-0.2, 0) is 9.53 Å². The average Bonchev–Trinajstić information content (AvgIpc) is 3.13. The third-order valence-corrected chi connectivity index (χ3v) is 6.13. The van der Waals surface area contributed by atoms with Crippen LogP contribution in [0.3, 0.4) is 0 Å². The number of carbonyl (C=O) groups excluding carboxylic acids is 1. The molecular weight excluding hydrogens is 479 g/mol. The number of amides is 1. The maximum absolute atomic E-state index is 12.8. The van der Waals surface area contributed by atoms with Crippen LogP contribution in [0.15, 0.2) is 4.99 Å². The van der Waals surface area contributed by atoms with Gasteiger partial charge in [-0.3, -0.25) is 9.79 Å². The van der Waals surface area contributed by atoms with Crippen LogP contribution in [0, 0.1) is 16.7 Å². The van der Waals surface area contributed by atoms with Crippen LogP contribution in [0.4, 0.5) is 0 Å². The largest absolute Gasteiger partial charge is 0.377 e. The first-order valence-corrected chi connectivity index (χ1v) is 11.0. The van der Waals surface area contributed by atoms with Gasteiger partial charge < -0.3 is 20.3 Å². The van der Waals surface area contributed by atoms with Gasteiger partial charge in [-0.2, -0.15) is 0 Å². The predicted octanol–water partition coefficient (Wildman–Crippen LogP) is 3.65. The van der Waals surface area contributed by atoms with E-state index < -0.39 is 0 Å². The fourth-order valence-corrected chi connectivity index (χ4v) is 4.78. The van der Waals surface area contributed by atoms with E-state index in [-0.39, 0.29) is 46.8 Å². The van der Waals surface area contributed by atoms with E-state index in [9.17, 15) is 4.79 Å². The summed E-state index contributed by atoms with van der Waals surface area (Å²) < 4.78 is 6.11. The van der Waals surface area contributed by atoms with Gasteiger partial charge in [-0.05, 0) is 38.0 Å². The molecule has 7 heteroatoms. The Hall–Kier alpha value is -0.570. The summed E-state index contributed by atoms with van der Waals surface area (Å²) in [5, 5.41) is 6.89. The van der Waals surface area contributed by atoms with Crippen LogP contribution in [0.1, 0.15) is 66.2 Å². The molecule has 170 valence electrons. The van der Waals surface area contributed by atoms with E-state index in [1.165, 1.54) is 6.42 Å². The van der Waals surface area contributed by atoms with Crippen molar-refractivity contribution in [1.29, 1.82) is 0 Å². The number of guanidine groups is 1. The Morgan fingerprint density at radius 1 is 1.17 bits per heavy atom. The van der Waals surface area contributed by atoms with Crippen LogP contribution < -0.4 is 10.6 Å². The van der Waals surface area contributed by atoms with Crippen molar-refractivity contribution in [3.63, 3.8) is 0 Å². The average molecular weight is 523 g/mol. The van der Waals surface area contributed by atoms with Gasteiger partial charge in [-0.15, -0.1) is 24.0 Å². The topological polar surface area (TPSA) is 66.0 Å². The van der Waals surface area contributed by atoms with Crippen LogP contribution >= 0.6 is 24.0 Å². The SMILES string of the molecule is CCNC(=NCC1(C(=O)N(C)C)CCCC1)NCC1CCCOC1C(C)(C)C.I. The highest BCUT2D eigenvalue weighted by Gasteiger charge is 2.42. The van der Waals surface area contributed by atoms with Crippen molar-refractivity contribution < 1.29 is 9.53 Å². The second-order valence-electron chi connectivity index (χ2n) is 9.82. The molecule has 1 aliphatic heterocycles. The van der Waals surface area contributed by atoms with Gasteiger partial charge in [0.1, 0.15) is 0 Å². The standard InChI is InChI=1S/C22H42N4O2.HI/c1-7-23-20(24-15-17-11-10-14-28-18(17)21(2,3)4)25-16-22(12-8-9-13-22)19(27)26(5)6;/h17-18H,7-16H2,1-6H3,(H2,23,24,25);1H. The molecule has 0 bridgehead atoms. The van der Waals surface area contributed by atoms with Crippen LogP contribution in [0.25, 0.3) is 0 Å². The number of hydrogen-bond donors (Lipinski definition) is 2. The third kappa shape index (κ3) is 7.26. The number of aliphatic imine (C=N–C) groups is 1. The zero-order chi connectivity index (χ0) is 20.8. The summed E-state index contributed by atoms with van der Waals surface area (Å²) in [6.45, 7) is 11.9. The van der Waals surface area contributed by atoms with Crippen molar-refractivity contribution in [2.45, 2.75) is 72.3 Å². The van der Waals surface area contributed by atoms with Gasteiger partial charge in [0.15, 0.2) is 5.96 Å². The van der Waals surface area contributed by atoms with E-state index in [2.05, 4.69) is 38.3 Å². The molecule has 1 saturated carbocycles. The minimum Gasteiger partial charge on any atom is -0.377 e. The molecule has 1 heterocycles. The van der Waals surface area contributed by atoms with E-state index in [1.807, 2.05) is 14.1 Å². The molecule has 1 aliphatic carbocycles. The van der Waals surface area contributed by atoms with Crippen molar-refractivity contribution in [3.05, 3.63) is 0 Å². The molecular formula is C22H43IN4O2. The molecule has 0 aromatic heterocycles. The van der Waals surface area contributed by atoms with Gasteiger partial charge >= 0.3 is 0 Å². The summed E-state index contributed by atoms with van der Waals surface area (Å²) >= 11 is 0. The first kappa shape index (κ1) is 26.5. The second kappa shape index (κ2) is 11.7. The fourth-order valence-electron chi connectivity index (χ4n) is 4.78. The fraction of sp³-hybridized carbons (Fsp3) is 0.909. The van der Waals surface area contributed by atoms with Gasteiger partial charge in [-0.25, -0.2) is 0 Å². The molecule has 2 aliphatic rings. The van der Waals surface area contributed by atoms with E-state index in [4.69, 9.17) is 9.73 Å². The van der Waals surface area contributed by atoms with Gasteiger partial charge in [0.25, 0.3) is 0 Å². The lowest BCUT2D eigenvalue weighted by Crippen LogP contribution is -2.48. The minimum absolute atomic E-state index is 0. The number of hydrogen-bond acceptors (Lipinski definition) is 3. The molecule has 6 nitrogen and oxygen atoms in total. The predicted molar refractivity (Wildman–Crippen MR) is 131 cm³/mol. The maximum Gasteiger partial charge on any atom is 0.230 e. The highest BCUT2D eigenvalue weighted by molar-refractivity contribution is 14.0. The summed E-state index contributed by atoms with van der Waals surface area (Å²) in [4.78, 5) is 19.4. The Kier molecular flexibility index (Phi) is 10.7. The Morgan fingerprint density at radius 3 is 2.38 bits per heavy atom. The normalized spacial score (nSPS) is 24.6. The number of carbonyl (C=O) groups is 1. The first-order chi connectivity index (χ1) is 13.2. The third-order valence-electron chi connectivity index (χ3n) is 6.13. The van der Waals surface area contributed by atoms with Gasteiger partial charge in [-0.1, -0.05) is 33.6 Å². The zero-order valence-corrected chi connectivity index (χ0v) is 21.7. The number of nitrogens with one attached hydrogen (secondary N) is 2. The lowest BCUT2D eigenvalue weighted by atomic mass is 9.78. The molecule has 2 unspecified atom stereocenters. The van der Waals surface area contributed by atoms with Crippen molar-refractivity contribution in [2.24, 2.45) is 21.7 Å². The maximum atomic E-state index is 12.8. The summed E-state index contributed by atoms with van der Waals surface area (Å²) in [5.41, 5.74) is -0.192. The summed E-state index contributed by atoms with van der Waals surface area (Å²) in [6.07, 6.45) is 6.67. The van der Waals surface area contributed by atoms with Crippen LogP contribution in [-0.4, -0.2) is 63.2 Å². The molecule has 29 heavy (non-hydrogen) atoms. The van der Waals surface area contributed by atoms with E-state index >= 15 is 0 Å². The number of nitrogens with zero attached hydrogens (tertiary/aromatic N) is 2. The van der Waals surface area contributed by atoms with Crippen LogP contribution in [0.2, 0.25) is 0 Å². The minimum atomic E-state index is -0.326. The van der Waals surface area contributed by atoms with Crippen LogP contribution in [0.5, 0.6) is 0 Å². The molecule has 0 aromatic rings. The Bertz CT molecular complexity index is 539. The molecule has 2 N–H and O–H groups in total. The number of ether oxygens (including phenoxy) is 1. The molecule has 1 amide bonds. The molecule has 1 saturated heterocycles. The number of rotatable bonds is 6. The lowest BCUT2D eigenvalue weighted by Gasteiger charge is -2.40. The number of halogens is 1. The van der Waals surface area contributed by atoms with E-state index in [0.29, 0.717) is 12.5 Å². The lowest BCUT2D eigenvalue weighted by molar-refractivity contribution is -0.138. The van der Waals surface area contributed by atoms with Gasteiger partial charge in [0.05, 0.1) is 18.1 Å². The van der Waals surface area contributed by atoms with Crippen molar-refractivity contribution in [3.8, 4) is 0 Å². The Labute approximate surface area is 195 Å². The molecule has 0 radical (unpaired) electrons. The highest BCUT2D eigenvalue weighted by Crippen LogP contribution is 2.40. The quantitative estimate of drug-likeness (QED) is 0.318. The molecule has 2 rings (SSSR count). The Balaban J connectivity index is 0.00000420. The van der Waals surface area contributed by atoms with Crippen molar-refractivity contribution in [2.75, 3.05) is 40.3 Å². The molecule has 0 spiro atoms. The van der Waals surface area contributed by atoms with Crippen molar-refractivity contribution >= 4 is 35.8 Å². The molecule has 2 fully saturated rings. The van der Waals surface area contributed by atoms with E-state index in [0.717, 1.165) is 57.8 Å². The van der Waals surface area contributed by atoms with E-state index in [1.54, 1.807) is 4.90 Å². The first-order valence-electron chi connectivity index (χ1n) is 11.0. The Morgan fingerprint density at radius 2 is 1.83 bits per heavy atom. The monoisotopic (exact) mass is 522 g/mol. The summed E-state index contributed by atoms with van der Waals surface area (Å²) in [7, 11) is 3.70. The highest BCUT2D eigenvalue weighted by atomic mass is 127.